The van der Waals surface area contributed by atoms with Crippen LogP contribution in [0.3, 0.4) is 0 Å². The molecule has 0 unspecified atom stereocenters. The minimum absolute atomic E-state index is 0.0419. The Labute approximate surface area is 224 Å². The van der Waals surface area contributed by atoms with E-state index in [-0.39, 0.29) is 5.91 Å². The van der Waals surface area contributed by atoms with Gasteiger partial charge >= 0.3 is 0 Å². The lowest BCUT2D eigenvalue weighted by atomic mass is 9.98. The number of amides is 1. The van der Waals surface area contributed by atoms with Crippen molar-refractivity contribution in [3.8, 4) is 6.07 Å². The molecule has 6 heteroatoms. The van der Waals surface area contributed by atoms with Gasteiger partial charge in [0.05, 0.1) is 11.6 Å². The number of carbonyl (C=O) groups is 1. The molecule has 0 aromatic heterocycles. The van der Waals surface area contributed by atoms with Crippen LogP contribution < -0.4 is 17.0 Å². The Hall–Kier alpha value is -3.66. The third-order valence-electron chi connectivity index (χ3n) is 5.35. The Balaban J connectivity index is 0.000000988. The van der Waals surface area contributed by atoms with Crippen LogP contribution in [0.4, 0.5) is 5.69 Å². The van der Waals surface area contributed by atoms with Crippen LogP contribution in [0.1, 0.15) is 71.4 Å². The van der Waals surface area contributed by atoms with Gasteiger partial charge in [-0.2, -0.15) is 5.26 Å². The highest BCUT2D eigenvalue weighted by Crippen LogP contribution is 2.21. The zero-order valence-electron chi connectivity index (χ0n) is 23.9. The second-order valence-corrected chi connectivity index (χ2v) is 8.12. The van der Waals surface area contributed by atoms with Crippen LogP contribution >= 0.6 is 0 Å². The third-order valence-corrected chi connectivity index (χ3v) is 5.35. The van der Waals surface area contributed by atoms with E-state index in [4.69, 9.17) is 16.8 Å². The molecular formula is C31H45N5O. The summed E-state index contributed by atoms with van der Waals surface area (Å²) in [5.74, 6) is 5.39. The largest absolute Gasteiger partial charge is 0.399 e. The van der Waals surface area contributed by atoms with Gasteiger partial charge in [-0.1, -0.05) is 69.7 Å². The first-order valence-corrected chi connectivity index (χ1v) is 12.9. The first-order chi connectivity index (χ1) is 17.8. The SMILES string of the molecule is CC.CC.Cc1ccc(CN(CCNN)C(=O)c2c(C)cc(C#N)cc2C)c(C)c1.Nc1ccccc1. The number of rotatable bonds is 6. The molecule has 0 heterocycles. The fraction of sp³-hybridized carbons (Fsp3) is 0.355. The van der Waals surface area contributed by atoms with E-state index in [0.29, 0.717) is 30.8 Å². The Morgan fingerprint density at radius 1 is 0.892 bits per heavy atom. The first kappa shape index (κ1) is 33.3. The van der Waals surface area contributed by atoms with Crippen LogP contribution in [0.25, 0.3) is 0 Å². The Bertz CT molecular complexity index is 1100. The fourth-order valence-corrected chi connectivity index (χ4v) is 3.66. The maximum Gasteiger partial charge on any atom is 0.254 e. The minimum Gasteiger partial charge on any atom is -0.399 e. The van der Waals surface area contributed by atoms with Gasteiger partial charge < -0.3 is 10.6 Å². The van der Waals surface area contributed by atoms with Gasteiger partial charge in [-0.15, -0.1) is 0 Å². The lowest BCUT2D eigenvalue weighted by molar-refractivity contribution is 0.0743. The number of aryl methyl sites for hydroxylation is 4. The maximum atomic E-state index is 13.2. The molecule has 37 heavy (non-hydrogen) atoms. The van der Waals surface area contributed by atoms with E-state index in [0.717, 1.165) is 27.9 Å². The van der Waals surface area contributed by atoms with Gasteiger partial charge in [-0.25, -0.2) is 0 Å². The summed E-state index contributed by atoms with van der Waals surface area (Å²) in [5, 5.41) is 9.12. The molecule has 5 N–H and O–H groups in total. The van der Waals surface area contributed by atoms with E-state index in [1.165, 1.54) is 5.56 Å². The Kier molecular flexibility index (Phi) is 16.7. The Morgan fingerprint density at radius 3 is 1.89 bits per heavy atom. The first-order valence-electron chi connectivity index (χ1n) is 12.9. The average Bonchev–Trinajstić information content (AvgIpc) is 2.90. The molecule has 3 rings (SSSR count). The highest BCUT2D eigenvalue weighted by molar-refractivity contribution is 5.97. The number of nitriles is 1. The number of nitrogens with one attached hydrogen (secondary N) is 1. The van der Waals surface area contributed by atoms with E-state index >= 15 is 0 Å². The predicted octanol–water partition coefficient (Wildman–Crippen LogP) is 6.22. The number of nitrogens with zero attached hydrogens (tertiary/aromatic N) is 2. The molecule has 0 atom stereocenters. The lowest BCUT2D eigenvalue weighted by Crippen LogP contribution is -2.39. The number of hydrogen-bond acceptors (Lipinski definition) is 5. The van der Waals surface area contributed by atoms with Crippen LogP contribution in [0.2, 0.25) is 0 Å². The second-order valence-electron chi connectivity index (χ2n) is 8.12. The van der Waals surface area contributed by atoms with Crippen molar-refractivity contribution in [1.29, 1.82) is 5.26 Å². The summed E-state index contributed by atoms with van der Waals surface area (Å²) in [6.45, 7) is 17.4. The molecule has 0 saturated heterocycles. The quantitative estimate of drug-likeness (QED) is 0.210. The topological polar surface area (TPSA) is 108 Å². The Morgan fingerprint density at radius 2 is 1.46 bits per heavy atom. The number of anilines is 1. The molecule has 0 radical (unpaired) electrons. The summed E-state index contributed by atoms with van der Waals surface area (Å²) in [5.41, 5.74) is 15.1. The summed E-state index contributed by atoms with van der Waals surface area (Å²) < 4.78 is 0. The van der Waals surface area contributed by atoms with Crippen molar-refractivity contribution in [2.24, 2.45) is 5.84 Å². The number of hydrogen-bond donors (Lipinski definition) is 3. The zero-order chi connectivity index (χ0) is 28.4. The summed E-state index contributed by atoms with van der Waals surface area (Å²) in [7, 11) is 0. The highest BCUT2D eigenvalue weighted by atomic mass is 16.2. The molecule has 0 fully saturated rings. The average molecular weight is 504 g/mol. The third kappa shape index (κ3) is 11.3. The molecule has 0 saturated carbocycles. The van der Waals surface area contributed by atoms with Gasteiger partial charge in [0.25, 0.3) is 5.91 Å². The van der Waals surface area contributed by atoms with Crippen molar-refractivity contribution in [2.75, 3.05) is 18.8 Å². The molecule has 0 aliphatic rings. The monoisotopic (exact) mass is 503 g/mol. The normalized spacial score (nSPS) is 9.30. The van der Waals surface area contributed by atoms with E-state index < -0.39 is 0 Å². The van der Waals surface area contributed by atoms with Crippen molar-refractivity contribution >= 4 is 11.6 Å². The molecule has 0 spiro atoms. The number of carbonyl (C=O) groups excluding carboxylic acids is 1. The standard InChI is InChI=1S/C21H26N4O.C6H7N.2C2H6/c1-14-5-6-19(15(2)9-14)13-25(8-7-24-23)21(26)20-16(3)10-18(12-22)11-17(20)4;7-6-4-2-1-3-5-6;2*1-2/h5-6,9-11,24H,7-8,13,23H2,1-4H3;1-5H,7H2;2*1-2H3. The van der Waals surface area contributed by atoms with Crippen LogP contribution in [0.5, 0.6) is 0 Å². The molecule has 3 aromatic rings. The molecule has 6 nitrogen and oxygen atoms in total. The summed E-state index contributed by atoms with van der Waals surface area (Å²) >= 11 is 0. The second kappa shape index (κ2) is 18.6. The van der Waals surface area contributed by atoms with Crippen molar-refractivity contribution in [2.45, 2.75) is 61.9 Å². The minimum atomic E-state index is -0.0419. The van der Waals surface area contributed by atoms with Crippen molar-refractivity contribution in [3.05, 3.63) is 99.6 Å². The smallest absolute Gasteiger partial charge is 0.254 e. The number of para-hydroxylation sites is 1. The lowest BCUT2D eigenvalue weighted by Gasteiger charge is -2.25. The van der Waals surface area contributed by atoms with Crippen molar-refractivity contribution in [1.82, 2.24) is 10.3 Å². The summed E-state index contributed by atoms with van der Waals surface area (Å²) in [6.07, 6.45) is 0. The highest BCUT2D eigenvalue weighted by Gasteiger charge is 2.21. The van der Waals surface area contributed by atoms with Gasteiger partial charge in [0.2, 0.25) is 0 Å². The van der Waals surface area contributed by atoms with Gasteiger partial charge in [-0.05, 0) is 74.2 Å². The van der Waals surface area contributed by atoms with Crippen molar-refractivity contribution in [3.63, 3.8) is 0 Å². The number of benzene rings is 3. The molecule has 1 amide bonds. The van der Waals surface area contributed by atoms with Gasteiger partial charge in [0.1, 0.15) is 0 Å². The van der Waals surface area contributed by atoms with Gasteiger partial charge in [0.15, 0.2) is 0 Å². The molecule has 0 aliphatic heterocycles. The van der Waals surface area contributed by atoms with Gasteiger partial charge in [-0.3, -0.25) is 16.1 Å². The molecule has 0 aliphatic carbocycles. The molecule has 200 valence electrons. The van der Waals surface area contributed by atoms with Gasteiger partial charge in [0, 0.05) is 30.9 Å². The predicted molar refractivity (Wildman–Crippen MR) is 157 cm³/mol. The zero-order valence-corrected chi connectivity index (χ0v) is 23.9. The van der Waals surface area contributed by atoms with Crippen LogP contribution in [-0.2, 0) is 6.54 Å². The maximum absolute atomic E-state index is 13.2. The molecule has 0 bridgehead atoms. The van der Waals surface area contributed by atoms with E-state index in [2.05, 4.69) is 43.5 Å². The number of nitrogens with two attached hydrogens (primary N) is 2. The van der Waals surface area contributed by atoms with E-state index in [1.807, 2.05) is 71.9 Å². The van der Waals surface area contributed by atoms with Crippen LogP contribution in [0, 0.1) is 39.0 Å². The fourth-order valence-electron chi connectivity index (χ4n) is 3.66. The molecule has 3 aromatic carbocycles. The van der Waals surface area contributed by atoms with Crippen molar-refractivity contribution < 1.29 is 4.79 Å². The molecular weight excluding hydrogens is 458 g/mol. The van der Waals surface area contributed by atoms with Crippen LogP contribution in [0.15, 0.2) is 60.7 Å². The number of nitrogen functional groups attached to an aromatic ring is 1. The van der Waals surface area contributed by atoms with Crippen LogP contribution in [-0.4, -0.2) is 23.9 Å². The van der Waals surface area contributed by atoms with E-state index in [9.17, 15) is 4.79 Å². The number of hydrazine groups is 1. The summed E-state index contributed by atoms with van der Waals surface area (Å²) in [4.78, 5) is 15.1. The summed E-state index contributed by atoms with van der Waals surface area (Å²) in [6, 6.07) is 21.4. The van der Waals surface area contributed by atoms with E-state index in [1.54, 1.807) is 17.0 Å².